The number of anilines is 2. The van der Waals surface area contributed by atoms with Crippen molar-refractivity contribution in [2.24, 2.45) is 5.10 Å². The number of ether oxygens (including phenoxy) is 1. The summed E-state index contributed by atoms with van der Waals surface area (Å²) >= 11 is 1.46. The molecular weight excluding hydrogens is 436 g/mol. The number of nitrogens with one attached hydrogen (secondary N) is 1. The Labute approximate surface area is 186 Å². The second-order valence-electron chi connectivity index (χ2n) is 6.76. The highest BCUT2D eigenvalue weighted by Crippen LogP contribution is 2.33. The van der Waals surface area contributed by atoms with Crippen molar-refractivity contribution < 1.29 is 14.6 Å². The van der Waals surface area contributed by atoms with Crippen LogP contribution in [0.15, 0.2) is 53.6 Å². The molecule has 164 valence electrons. The maximum absolute atomic E-state index is 11.3. The molecule has 0 amide bonds. The number of rotatable bonds is 7. The van der Waals surface area contributed by atoms with Gasteiger partial charge in [0.25, 0.3) is 5.69 Å². The topological polar surface area (TPSA) is 136 Å². The van der Waals surface area contributed by atoms with Crippen LogP contribution in [0.2, 0.25) is 0 Å². The third kappa shape index (κ3) is 4.71. The molecule has 1 aliphatic heterocycles. The molecule has 0 atom stereocenters. The van der Waals surface area contributed by atoms with Crippen LogP contribution in [-0.2, 0) is 4.74 Å². The Bertz CT molecular complexity index is 1160. The fourth-order valence-electron chi connectivity index (χ4n) is 3.14. The van der Waals surface area contributed by atoms with E-state index in [1.807, 2.05) is 30.3 Å². The zero-order valence-electron chi connectivity index (χ0n) is 16.7. The summed E-state index contributed by atoms with van der Waals surface area (Å²) in [4.78, 5) is 28.6. The molecule has 1 saturated heterocycles. The summed E-state index contributed by atoms with van der Waals surface area (Å²) in [5, 5.41) is 27.2. The highest BCUT2D eigenvalue weighted by atomic mass is 32.1. The summed E-state index contributed by atoms with van der Waals surface area (Å²) in [5.74, 6) is 0. The minimum absolute atomic E-state index is 0.0519. The average Bonchev–Trinajstić information content (AvgIpc) is 3.24. The summed E-state index contributed by atoms with van der Waals surface area (Å²) in [6.45, 7) is 2.75. The van der Waals surface area contributed by atoms with Gasteiger partial charge in [-0.05, 0) is 6.07 Å². The van der Waals surface area contributed by atoms with Crippen molar-refractivity contribution in [1.29, 1.82) is 0 Å². The predicted octanol–water partition coefficient (Wildman–Crippen LogP) is 3.91. The third-order valence-electron chi connectivity index (χ3n) is 4.73. The lowest BCUT2D eigenvalue weighted by molar-refractivity contribution is -0.393. The fourth-order valence-corrected chi connectivity index (χ4v) is 4.15. The van der Waals surface area contributed by atoms with Crippen LogP contribution in [0, 0.1) is 20.2 Å². The number of nitro groups is 2. The monoisotopic (exact) mass is 454 g/mol. The van der Waals surface area contributed by atoms with Gasteiger partial charge in [-0.2, -0.15) is 5.10 Å². The highest BCUT2D eigenvalue weighted by Gasteiger charge is 2.20. The molecule has 1 aliphatic rings. The lowest BCUT2D eigenvalue weighted by Gasteiger charge is -2.26. The molecule has 2 aromatic carbocycles. The van der Waals surface area contributed by atoms with Gasteiger partial charge < -0.3 is 9.64 Å². The first kappa shape index (κ1) is 21.3. The van der Waals surface area contributed by atoms with Crippen molar-refractivity contribution >= 4 is 39.7 Å². The molecule has 2 heterocycles. The second kappa shape index (κ2) is 9.49. The van der Waals surface area contributed by atoms with Gasteiger partial charge in [0.05, 0.1) is 45.9 Å². The molecular formula is C20H18N6O5S. The van der Waals surface area contributed by atoms with Gasteiger partial charge in [0.15, 0.2) is 5.13 Å². The normalized spacial score (nSPS) is 13.9. The maximum atomic E-state index is 11.3. The van der Waals surface area contributed by atoms with Crippen LogP contribution in [-0.4, -0.2) is 47.3 Å². The van der Waals surface area contributed by atoms with E-state index in [4.69, 9.17) is 9.72 Å². The van der Waals surface area contributed by atoms with E-state index >= 15 is 0 Å². The Morgan fingerprint density at radius 3 is 2.53 bits per heavy atom. The third-order valence-corrected chi connectivity index (χ3v) is 5.78. The molecule has 1 aromatic heterocycles. The fraction of sp³-hybridized carbons (Fsp3) is 0.200. The van der Waals surface area contributed by atoms with Crippen LogP contribution in [0.3, 0.4) is 0 Å². The molecule has 0 saturated carbocycles. The van der Waals surface area contributed by atoms with Crippen molar-refractivity contribution in [2.45, 2.75) is 0 Å². The number of nitrogens with zero attached hydrogens (tertiary/aromatic N) is 5. The van der Waals surface area contributed by atoms with E-state index in [1.54, 1.807) is 6.21 Å². The van der Waals surface area contributed by atoms with Crippen LogP contribution in [0.1, 0.15) is 4.88 Å². The highest BCUT2D eigenvalue weighted by molar-refractivity contribution is 7.17. The Kier molecular flexibility index (Phi) is 6.33. The average molecular weight is 454 g/mol. The van der Waals surface area contributed by atoms with Gasteiger partial charge in [0.1, 0.15) is 5.69 Å². The molecule has 0 unspecified atom stereocenters. The summed E-state index contributed by atoms with van der Waals surface area (Å²) in [7, 11) is 0. The smallest absolute Gasteiger partial charge is 0.301 e. The summed E-state index contributed by atoms with van der Waals surface area (Å²) in [6.07, 6.45) is 1.55. The number of morpholine rings is 1. The first-order chi connectivity index (χ1) is 15.5. The van der Waals surface area contributed by atoms with Crippen molar-refractivity contribution in [3.63, 3.8) is 0 Å². The molecule has 1 N–H and O–H groups in total. The molecule has 0 bridgehead atoms. The van der Waals surface area contributed by atoms with Gasteiger partial charge in [-0.1, -0.05) is 41.7 Å². The lowest BCUT2D eigenvalue weighted by atomic mass is 10.1. The first-order valence-electron chi connectivity index (χ1n) is 9.64. The number of benzene rings is 2. The van der Waals surface area contributed by atoms with Gasteiger partial charge in [-0.15, -0.1) is 0 Å². The molecule has 4 rings (SSSR count). The van der Waals surface area contributed by atoms with Gasteiger partial charge in [0, 0.05) is 24.7 Å². The maximum Gasteiger partial charge on any atom is 0.301 e. The SMILES string of the molecule is O=[N+]([O-])c1ccc(N/N=C/c2sc(N3CCOCC3)nc2-c2ccccc2)c([N+](=O)[O-])c1. The quantitative estimate of drug-likeness (QED) is 0.322. The van der Waals surface area contributed by atoms with Crippen LogP contribution in [0.5, 0.6) is 0 Å². The Balaban J connectivity index is 1.63. The van der Waals surface area contributed by atoms with Crippen LogP contribution in [0.4, 0.5) is 22.2 Å². The molecule has 12 heteroatoms. The van der Waals surface area contributed by atoms with E-state index in [2.05, 4.69) is 15.4 Å². The summed E-state index contributed by atoms with van der Waals surface area (Å²) in [6, 6.07) is 13.0. The standard InChI is InChI=1S/C20H18N6O5S/c27-25(28)15-6-7-16(17(12-15)26(29)30)23-21-13-18-19(14-4-2-1-3-5-14)22-20(32-18)24-8-10-31-11-9-24/h1-7,12-13,23H,8-11H2/b21-13+. The molecule has 1 fully saturated rings. The van der Waals surface area contributed by atoms with E-state index < -0.39 is 15.5 Å². The molecule has 0 radical (unpaired) electrons. The summed E-state index contributed by atoms with van der Waals surface area (Å²) < 4.78 is 5.41. The van der Waals surface area contributed by atoms with Gasteiger partial charge in [0.2, 0.25) is 0 Å². The van der Waals surface area contributed by atoms with Crippen molar-refractivity contribution in [2.75, 3.05) is 36.6 Å². The Hall–Kier alpha value is -3.90. The number of hydrazone groups is 1. The zero-order valence-corrected chi connectivity index (χ0v) is 17.5. The van der Waals surface area contributed by atoms with Crippen LogP contribution in [0.25, 0.3) is 11.3 Å². The van der Waals surface area contributed by atoms with Gasteiger partial charge in [-0.25, -0.2) is 4.98 Å². The van der Waals surface area contributed by atoms with E-state index in [0.717, 1.165) is 40.4 Å². The van der Waals surface area contributed by atoms with E-state index in [0.29, 0.717) is 13.2 Å². The molecule has 32 heavy (non-hydrogen) atoms. The number of thiazole rings is 1. The molecule has 11 nitrogen and oxygen atoms in total. The zero-order chi connectivity index (χ0) is 22.5. The first-order valence-corrected chi connectivity index (χ1v) is 10.5. The number of hydrogen-bond donors (Lipinski definition) is 1. The number of hydrogen-bond acceptors (Lipinski definition) is 10. The Morgan fingerprint density at radius 2 is 1.84 bits per heavy atom. The van der Waals surface area contributed by atoms with Crippen molar-refractivity contribution in [1.82, 2.24) is 4.98 Å². The number of aromatic nitrogens is 1. The number of non-ortho nitro benzene ring substituents is 1. The van der Waals surface area contributed by atoms with Gasteiger partial charge >= 0.3 is 5.69 Å². The molecule has 3 aromatic rings. The van der Waals surface area contributed by atoms with Crippen molar-refractivity contribution in [3.8, 4) is 11.3 Å². The van der Waals surface area contributed by atoms with Crippen LogP contribution < -0.4 is 10.3 Å². The number of nitro benzene ring substituents is 2. The Morgan fingerprint density at radius 1 is 1.09 bits per heavy atom. The van der Waals surface area contributed by atoms with E-state index in [1.165, 1.54) is 23.5 Å². The lowest BCUT2D eigenvalue weighted by Crippen LogP contribution is -2.36. The molecule has 0 aliphatic carbocycles. The van der Waals surface area contributed by atoms with Crippen LogP contribution >= 0.6 is 11.3 Å². The predicted molar refractivity (Wildman–Crippen MR) is 122 cm³/mol. The summed E-state index contributed by atoms with van der Waals surface area (Å²) in [5.41, 5.74) is 3.55. The second-order valence-corrected chi connectivity index (χ2v) is 7.77. The van der Waals surface area contributed by atoms with E-state index in [9.17, 15) is 20.2 Å². The van der Waals surface area contributed by atoms with Crippen molar-refractivity contribution in [3.05, 3.63) is 73.6 Å². The minimum atomic E-state index is -0.691. The van der Waals surface area contributed by atoms with Gasteiger partial charge in [-0.3, -0.25) is 25.7 Å². The molecule has 0 spiro atoms. The largest absolute Gasteiger partial charge is 0.378 e. The minimum Gasteiger partial charge on any atom is -0.378 e. The van der Waals surface area contributed by atoms with E-state index in [-0.39, 0.29) is 11.4 Å².